The van der Waals surface area contributed by atoms with E-state index in [-0.39, 0.29) is 0 Å². The van der Waals surface area contributed by atoms with Crippen LogP contribution in [0, 0.1) is 13.8 Å². The van der Waals surface area contributed by atoms with Crippen molar-refractivity contribution in [2.75, 3.05) is 0 Å². The molecule has 0 aliphatic rings. The van der Waals surface area contributed by atoms with E-state index in [9.17, 15) is 0 Å². The van der Waals surface area contributed by atoms with E-state index >= 15 is 0 Å². The first-order chi connectivity index (χ1) is 27.4. The number of imidazole rings is 2. The van der Waals surface area contributed by atoms with Gasteiger partial charge < -0.3 is 18.6 Å². The van der Waals surface area contributed by atoms with E-state index in [0.717, 1.165) is 78.5 Å². The van der Waals surface area contributed by atoms with Gasteiger partial charge in [0.1, 0.15) is 36.4 Å². The molecule has 284 valence electrons. The SMILES string of the molecule is Cc1cccc2c1nc(COc1ccc(Cl)cc1)n2CCCc1cccnc1.Cc1cccc2nc(COc3ccc(Cl)cc3)n(CCCc3cccnc3)c12. The average Bonchev–Trinajstić information content (AvgIpc) is 3.77. The smallest absolute Gasteiger partial charge is 0.148 e. The molecule has 0 fully saturated rings. The molecule has 0 aliphatic carbocycles. The van der Waals surface area contributed by atoms with E-state index in [1.54, 1.807) is 0 Å². The number of hydrogen-bond donors (Lipinski definition) is 0. The molecule has 0 aliphatic heterocycles. The fourth-order valence-electron chi connectivity index (χ4n) is 6.79. The van der Waals surface area contributed by atoms with Gasteiger partial charge in [-0.1, -0.05) is 59.6 Å². The fraction of sp³-hybridized carbons (Fsp3) is 0.217. The Labute approximate surface area is 337 Å². The Balaban J connectivity index is 0.000000172. The number of rotatable bonds is 14. The van der Waals surface area contributed by atoms with Gasteiger partial charge in [0, 0.05) is 47.9 Å². The highest BCUT2D eigenvalue weighted by atomic mass is 35.5. The Morgan fingerprint density at radius 2 is 1.09 bits per heavy atom. The first-order valence-electron chi connectivity index (χ1n) is 18.9. The van der Waals surface area contributed by atoms with E-state index in [1.165, 1.54) is 27.8 Å². The lowest BCUT2D eigenvalue weighted by molar-refractivity contribution is 0.289. The summed E-state index contributed by atoms with van der Waals surface area (Å²) in [5.41, 5.74) is 9.30. The lowest BCUT2D eigenvalue weighted by Gasteiger charge is -2.12. The number of fused-ring (bicyclic) bond motifs is 2. The summed E-state index contributed by atoms with van der Waals surface area (Å²) in [6, 6.07) is 35.6. The maximum Gasteiger partial charge on any atom is 0.148 e. The van der Waals surface area contributed by atoms with Gasteiger partial charge in [0.2, 0.25) is 0 Å². The zero-order valence-corrected chi connectivity index (χ0v) is 33.1. The van der Waals surface area contributed by atoms with Gasteiger partial charge in [-0.25, -0.2) is 9.97 Å². The molecule has 0 radical (unpaired) electrons. The number of aryl methyl sites for hydroxylation is 6. The second kappa shape index (κ2) is 18.8. The molecule has 0 spiro atoms. The van der Waals surface area contributed by atoms with Gasteiger partial charge in [-0.2, -0.15) is 0 Å². The Morgan fingerprint density at radius 1 is 0.554 bits per heavy atom. The Hall–Kier alpha value is -5.70. The zero-order chi connectivity index (χ0) is 38.7. The van der Waals surface area contributed by atoms with Crippen LogP contribution in [0.25, 0.3) is 22.1 Å². The summed E-state index contributed by atoms with van der Waals surface area (Å²) in [6.07, 6.45) is 11.5. The van der Waals surface area contributed by atoms with Crippen LogP contribution in [0.4, 0.5) is 0 Å². The van der Waals surface area contributed by atoms with Crippen molar-refractivity contribution >= 4 is 45.3 Å². The van der Waals surface area contributed by atoms with Crippen molar-refractivity contribution in [3.63, 3.8) is 0 Å². The predicted molar refractivity (Wildman–Crippen MR) is 226 cm³/mol. The summed E-state index contributed by atoms with van der Waals surface area (Å²) in [7, 11) is 0. The number of pyridine rings is 2. The minimum absolute atomic E-state index is 0.419. The largest absolute Gasteiger partial charge is 0.486 e. The van der Waals surface area contributed by atoms with Crippen LogP contribution in [0.1, 0.15) is 46.7 Å². The van der Waals surface area contributed by atoms with Gasteiger partial charge in [-0.05, 0) is 135 Å². The van der Waals surface area contributed by atoms with Crippen LogP contribution in [0.5, 0.6) is 11.5 Å². The van der Waals surface area contributed by atoms with Crippen LogP contribution in [-0.2, 0) is 39.1 Å². The summed E-state index contributed by atoms with van der Waals surface area (Å²) < 4.78 is 16.5. The first kappa shape index (κ1) is 38.6. The highest BCUT2D eigenvalue weighted by Gasteiger charge is 2.15. The lowest BCUT2D eigenvalue weighted by atomic mass is 10.1. The van der Waals surface area contributed by atoms with E-state index in [1.807, 2.05) is 85.5 Å². The predicted octanol–water partition coefficient (Wildman–Crippen LogP) is 11.2. The number of benzene rings is 4. The number of hydrogen-bond acceptors (Lipinski definition) is 6. The molecule has 0 bridgehead atoms. The number of nitrogens with zero attached hydrogens (tertiary/aromatic N) is 6. The monoisotopic (exact) mass is 782 g/mol. The van der Waals surface area contributed by atoms with E-state index in [4.69, 9.17) is 42.6 Å². The molecule has 0 atom stereocenters. The molecule has 8 aromatic rings. The standard InChI is InChI=1S/2C23H22ClN3O/c1-17-5-2-8-21-23(17)26-22(16-28-20-11-9-19(24)10-12-20)27(21)14-4-7-18-6-3-13-25-15-18;1-17-5-2-8-21-23(17)27(14-4-7-18-6-3-13-25-15-18)22(26-21)16-28-20-11-9-19(24)10-12-20/h2*2-3,5-6,8-13,15H,4,7,14,16H2,1H3. The molecular weight excluding hydrogens is 739 g/mol. The van der Waals surface area contributed by atoms with Crippen LogP contribution in [0.3, 0.4) is 0 Å². The summed E-state index contributed by atoms with van der Waals surface area (Å²) >= 11 is 11.9. The topological polar surface area (TPSA) is 79.9 Å². The average molecular weight is 784 g/mol. The van der Waals surface area contributed by atoms with E-state index in [2.05, 4.69) is 81.5 Å². The van der Waals surface area contributed by atoms with Gasteiger partial charge >= 0.3 is 0 Å². The molecule has 10 heteroatoms. The Bertz CT molecular complexity index is 2420. The molecule has 8 rings (SSSR count). The number of aromatic nitrogens is 6. The van der Waals surface area contributed by atoms with Gasteiger partial charge in [0.15, 0.2) is 0 Å². The summed E-state index contributed by atoms with van der Waals surface area (Å²) in [6.45, 7) is 6.83. The van der Waals surface area contributed by atoms with Crippen LogP contribution in [-0.4, -0.2) is 29.1 Å². The normalized spacial score (nSPS) is 11.1. The number of para-hydroxylation sites is 2. The lowest BCUT2D eigenvalue weighted by Crippen LogP contribution is -2.09. The molecule has 4 heterocycles. The van der Waals surface area contributed by atoms with Crippen LogP contribution < -0.4 is 9.47 Å². The van der Waals surface area contributed by atoms with Gasteiger partial charge in [0.05, 0.1) is 22.1 Å². The van der Waals surface area contributed by atoms with Crippen molar-refractivity contribution in [1.29, 1.82) is 0 Å². The summed E-state index contributed by atoms with van der Waals surface area (Å²) in [5.74, 6) is 3.45. The zero-order valence-electron chi connectivity index (χ0n) is 31.6. The first-order valence-corrected chi connectivity index (χ1v) is 19.6. The second-order valence-electron chi connectivity index (χ2n) is 13.7. The molecule has 4 aromatic heterocycles. The Morgan fingerprint density at radius 3 is 1.66 bits per heavy atom. The van der Waals surface area contributed by atoms with Crippen molar-refractivity contribution in [2.24, 2.45) is 0 Å². The van der Waals surface area contributed by atoms with Crippen LogP contribution in [0.2, 0.25) is 10.0 Å². The van der Waals surface area contributed by atoms with Gasteiger partial charge in [-0.15, -0.1) is 0 Å². The Kier molecular flexibility index (Phi) is 12.9. The van der Waals surface area contributed by atoms with Gasteiger partial charge in [-0.3, -0.25) is 9.97 Å². The maximum absolute atomic E-state index is 5.97. The minimum Gasteiger partial charge on any atom is -0.486 e. The third-order valence-electron chi connectivity index (χ3n) is 9.61. The van der Waals surface area contributed by atoms with Crippen molar-refractivity contribution < 1.29 is 9.47 Å². The molecule has 56 heavy (non-hydrogen) atoms. The highest BCUT2D eigenvalue weighted by Crippen LogP contribution is 2.25. The van der Waals surface area contributed by atoms with Gasteiger partial charge in [0.25, 0.3) is 0 Å². The minimum atomic E-state index is 0.419. The highest BCUT2D eigenvalue weighted by molar-refractivity contribution is 6.30. The van der Waals surface area contributed by atoms with Crippen LogP contribution in [0.15, 0.2) is 134 Å². The van der Waals surface area contributed by atoms with Crippen molar-refractivity contribution in [2.45, 2.75) is 65.8 Å². The van der Waals surface area contributed by atoms with E-state index in [0.29, 0.717) is 23.3 Å². The molecular formula is C46H44Cl2N6O2. The molecule has 8 nitrogen and oxygen atoms in total. The quantitative estimate of drug-likeness (QED) is 0.109. The molecule has 0 amide bonds. The summed E-state index contributed by atoms with van der Waals surface area (Å²) in [5, 5.41) is 1.40. The van der Waals surface area contributed by atoms with E-state index < -0.39 is 0 Å². The molecule has 0 saturated heterocycles. The summed E-state index contributed by atoms with van der Waals surface area (Å²) in [4.78, 5) is 18.1. The van der Waals surface area contributed by atoms with Crippen LogP contribution >= 0.6 is 23.2 Å². The molecule has 0 saturated carbocycles. The number of ether oxygens (including phenoxy) is 2. The van der Waals surface area contributed by atoms with Crippen molar-refractivity contribution in [1.82, 2.24) is 29.1 Å². The maximum atomic E-state index is 5.97. The third kappa shape index (κ3) is 9.93. The molecule has 4 aromatic carbocycles. The number of halogens is 2. The second-order valence-corrected chi connectivity index (χ2v) is 14.5. The molecule has 0 unspecified atom stereocenters. The third-order valence-corrected chi connectivity index (χ3v) is 10.1. The molecule has 0 N–H and O–H groups in total. The fourth-order valence-corrected chi connectivity index (χ4v) is 7.04. The van der Waals surface area contributed by atoms with Crippen molar-refractivity contribution in [3.8, 4) is 11.5 Å². The van der Waals surface area contributed by atoms with Crippen molar-refractivity contribution in [3.05, 3.63) is 178 Å².